The molecule has 0 aliphatic carbocycles. The summed E-state index contributed by atoms with van der Waals surface area (Å²) in [6.45, 7) is 0.164. The second-order valence-electron chi connectivity index (χ2n) is 3.65. The van der Waals surface area contributed by atoms with E-state index in [2.05, 4.69) is 0 Å². The molecule has 0 bridgehead atoms. The highest BCUT2D eigenvalue weighted by molar-refractivity contribution is 6.30. The zero-order chi connectivity index (χ0) is 12.4. The third kappa shape index (κ3) is 2.33. The Balaban J connectivity index is 2.63. The van der Waals surface area contributed by atoms with Gasteiger partial charge in [-0.1, -0.05) is 11.6 Å². The second kappa shape index (κ2) is 4.61. The molecule has 0 aliphatic heterocycles. The average Bonchev–Trinajstić information content (AvgIpc) is 2.33. The molecule has 1 aromatic heterocycles. The van der Waals surface area contributed by atoms with Crippen LogP contribution in [0.25, 0.3) is 5.69 Å². The third-order valence-electron chi connectivity index (χ3n) is 2.44. The van der Waals surface area contributed by atoms with Gasteiger partial charge >= 0.3 is 0 Å². The Hall–Kier alpha value is -1.78. The van der Waals surface area contributed by atoms with Crippen molar-refractivity contribution in [1.82, 2.24) is 4.57 Å². The van der Waals surface area contributed by atoms with Gasteiger partial charge in [0.05, 0.1) is 0 Å². The SMILES string of the molecule is NCc1cc(N)cn(-c2ccc(Cl)cc2)c1=O. The van der Waals surface area contributed by atoms with Crippen molar-refractivity contribution in [3.8, 4) is 5.69 Å². The molecular weight excluding hydrogens is 238 g/mol. The fourth-order valence-electron chi connectivity index (χ4n) is 1.60. The van der Waals surface area contributed by atoms with Crippen LogP contribution in [0, 0.1) is 0 Å². The van der Waals surface area contributed by atoms with Crippen molar-refractivity contribution in [2.45, 2.75) is 6.54 Å². The Kier molecular flexibility index (Phi) is 3.17. The van der Waals surface area contributed by atoms with Crippen LogP contribution in [-0.2, 0) is 6.54 Å². The third-order valence-corrected chi connectivity index (χ3v) is 2.69. The molecule has 1 heterocycles. The number of anilines is 1. The molecule has 4 nitrogen and oxygen atoms in total. The maximum absolute atomic E-state index is 12.0. The summed E-state index contributed by atoms with van der Waals surface area (Å²) in [5, 5.41) is 0.616. The summed E-state index contributed by atoms with van der Waals surface area (Å²) in [5.41, 5.74) is 12.8. The number of halogens is 1. The van der Waals surface area contributed by atoms with E-state index in [1.807, 2.05) is 0 Å². The molecule has 1 aromatic carbocycles. The molecule has 2 aromatic rings. The minimum atomic E-state index is -0.163. The second-order valence-corrected chi connectivity index (χ2v) is 4.09. The van der Waals surface area contributed by atoms with Crippen molar-refractivity contribution in [3.05, 3.63) is 57.5 Å². The highest BCUT2D eigenvalue weighted by Gasteiger charge is 2.05. The van der Waals surface area contributed by atoms with Crippen LogP contribution in [-0.4, -0.2) is 4.57 Å². The lowest BCUT2D eigenvalue weighted by Crippen LogP contribution is -2.24. The van der Waals surface area contributed by atoms with E-state index in [-0.39, 0.29) is 12.1 Å². The Labute approximate surface area is 103 Å². The first-order valence-electron chi connectivity index (χ1n) is 5.09. The molecule has 0 atom stereocenters. The normalized spacial score (nSPS) is 10.5. The standard InChI is InChI=1S/C12H12ClN3O/c13-9-1-3-11(4-2-9)16-7-10(15)5-8(6-14)12(16)17/h1-5,7H,6,14-15H2. The van der Waals surface area contributed by atoms with E-state index in [1.54, 1.807) is 36.5 Å². The van der Waals surface area contributed by atoms with Gasteiger partial charge in [-0.25, -0.2) is 0 Å². The van der Waals surface area contributed by atoms with E-state index < -0.39 is 0 Å². The number of nitrogen functional groups attached to an aromatic ring is 1. The van der Waals surface area contributed by atoms with Crippen molar-refractivity contribution in [2.24, 2.45) is 5.73 Å². The molecule has 0 unspecified atom stereocenters. The lowest BCUT2D eigenvalue weighted by Gasteiger charge is -2.09. The fourth-order valence-corrected chi connectivity index (χ4v) is 1.73. The first kappa shape index (κ1) is 11.7. The van der Waals surface area contributed by atoms with Gasteiger partial charge in [-0.15, -0.1) is 0 Å². The summed E-state index contributed by atoms with van der Waals surface area (Å²) in [4.78, 5) is 12.0. The van der Waals surface area contributed by atoms with E-state index in [0.29, 0.717) is 22.0 Å². The smallest absolute Gasteiger partial charge is 0.259 e. The zero-order valence-electron chi connectivity index (χ0n) is 9.06. The van der Waals surface area contributed by atoms with E-state index >= 15 is 0 Å². The molecule has 5 heteroatoms. The van der Waals surface area contributed by atoms with Gasteiger partial charge in [0.2, 0.25) is 0 Å². The maximum atomic E-state index is 12.0. The minimum Gasteiger partial charge on any atom is -0.398 e. The monoisotopic (exact) mass is 249 g/mol. The molecule has 0 amide bonds. The van der Waals surface area contributed by atoms with E-state index in [4.69, 9.17) is 23.1 Å². The molecular formula is C12H12ClN3O. The largest absolute Gasteiger partial charge is 0.398 e. The van der Waals surface area contributed by atoms with E-state index in [0.717, 1.165) is 0 Å². The number of aromatic nitrogens is 1. The van der Waals surface area contributed by atoms with Gasteiger partial charge in [-0.2, -0.15) is 0 Å². The molecule has 0 aliphatic rings. The van der Waals surface area contributed by atoms with Crippen LogP contribution in [0.3, 0.4) is 0 Å². The lowest BCUT2D eigenvalue weighted by atomic mass is 10.2. The Morgan fingerprint density at radius 1 is 1.24 bits per heavy atom. The predicted octanol–water partition coefficient (Wildman–Crippen LogP) is 1.53. The van der Waals surface area contributed by atoms with Crippen LogP contribution in [0.4, 0.5) is 5.69 Å². The van der Waals surface area contributed by atoms with Crippen molar-refractivity contribution in [3.63, 3.8) is 0 Å². The Morgan fingerprint density at radius 3 is 2.47 bits per heavy atom. The van der Waals surface area contributed by atoms with Gasteiger partial charge in [-0.3, -0.25) is 9.36 Å². The molecule has 0 spiro atoms. The molecule has 0 saturated carbocycles. The summed E-state index contributed by atoms with van der Waals surface area (Å²) >= 11 is 5.80. The van der Waals surface area contributed by atoms with Gasteiger partial charge in [0.1, 0.15) is 0 Å². The Morgan fingerprint density at radius 2 is 1.88 bits per heavy atom. The van der Waals surface area contributed by atoms with E-state index in [9.17, 15) is 4.79 Å². The highest BCUT2D eigenvalue weighted by atomic mass is 35.5. The first-order valence-corrected chi connectivity index (χ1v) is 5.46. The minimum absolute atomic E-state index is 0.163. The number of pyridine rings is 1. The van der Waals surface area contributed by atoms with Crippen LogP contribution in [0.5, 0.6) is 0 Å². The molecule has 4 N–H and O–H groups in total. The number of hydrogen-bond donors (Lipinski definition) is 2. The lowest BCUT2D eigenvalue weighted by molar-refractivity contribution is 0.928. The molecule has 0 fully saturated rings. The quantitative estimate of drug-likeness (QED) is 0.848. The highest BCUT2D eigenvalue weighted by Crippen LogP contribution is 2.13. The summed E-state index contributed by atoms with van der Waals surface area (Å²) in [7, 11) is 0. The van der Waals surface area contributed by atoms with Gasteiger partial charge in [0, 0.05) is 34.7 Å². The summed E-state index contributed by atoms with van der Waals surface area (Å²) in [5.74, 6) is 0. The number of hydrogen-bond acceptors (Lipinski definition) is 3. The average molecular weight is 250 g/mol. The van der Waals surface area contributed by atoms with Crippen LogP contribution in [0.2, 0.25) is 5.02 Å². The molecule has 88 valence electrons. The predicted molar refractivity (Wildman–Crippen MR) is 69.4 cm³/mol. The molecule has 2 rings (SSSR count). The topological polar surface area (TPSA) is 74.0 Å². The van der Waals surface area contributed by atoms with Crippen molar-refractivity contribution in [1.29, 1.82) is 0 Å². The van der Waals surface area contributed by atoms with Crippen molar-refractivity contribution >= 4 is 17.3 Å². The van der Waals surface area contributed by atoms with Crippen LogP contribution < -0.4 is 17.0 Å². The first-order chi connectivity index (χ1) is 8.11. The zero-order valence-corrected chi connectivity index (χ0v) is 9.82. The molecule has 17 heavy (non-hydrogen) atoms. The number of rotatable bonds is 2. The fraction of sp³-hybridized carbons (Fsp3) is 0.0833. The van der Waals surface area contributed by atoms with E-state index in [1.165, 1.54) is 4.57 Å². The molecule has 0 saturated heterocycles. The van der Waals surface area contributed by atoms with Crippen molar-refractivity contribution < 1.29 is 0 Å². The van der Waals surface area contributed by atoms with Gasteiger partial charge < -0.3 is 11.5 Å². The van der Waals surface area contributed by atoms with Gasteiger partial charge in [0.25, 0.3) is 5.56 Å². The Bertz CT molecular complexity index is 590. The van der Waals surface area contributed by atoms with Crippen LogP contribution in [0.15, 0.2) is 41.3 Å². The van der Waals surface area contributed by atoms with Gasteiger partial charge in [0.15, 0.2) is 0 Å². The number of nitrogens with zero attached hydrogens (tertiary/aromatic N) is 1. The number of nitrogens with two attached hydrogens (primary N) is 2. The van der Waals surface area contributed by atoms with Crippen molar-refractivity contribution in [2.75, 3.05) is 5.73 Å². The summed E-state index contributed by atoms with van der Waals surface area (Å²) < 4.78 is 1.47. The summed E-state index contributed by atoms with van der Waals surface area (Å²) in [6.07, 6.45) is 1.57. The maximum Gasteiger partial charge on any atom is 0.259 e. The van der Waals surface area contributed by atoms with Gasteiger partial charge in [-0.05, 0) is 30.3 Å². The summed E-state index contributed by atoms with van der Waals surface area (Å²) in [6, 6.07) is 8.53. The number of benzene rings is 1. The molecule has 0 radical (unpaired) electrons. The van der Waals surface area contributed by atoms with Crippen LogP contribution >= 0.6 is 11.6 Å². The van der Waals surface area contributed by atoms with Crippen LogP contribution in [0.1, 0.15) is 5.56 Å².